The first-order valence-electron chi connectivity index (χ1n) is 3.32. The highest BCUT2D eigenvalue weighted by molar-refractivity contribution is 14.1. The second-order valence-corrected chi connectivity index (χ2v) is 3.70. The highest BCUT2D eigenvalue weighted by Gasteiger charge is 2.06. The summed E-state index contributed by atoms with van der Waals surface area (Å²) in [7, 11) is 1.60. The molecule has 0 atom stereocenters. The van der Waals surface area contributed by atoms with Gasteiger partial charge in [0.15, 0.2) is 5.82 Å². The summed E-state index contributed by atoms with van der Waals surface area (Å²) in [5, 5.41) is 0.496. The van der Waals surface area contributed by atoms with Gasteiger partial charge in [-0.25, -0.2) is 9.97 Å². The predicted octanol–water partition coefficient (Wildman–Crippen LogP) is 2.19. The molecule has 0 unspecified atom stereocenters. The van der Waals surface area contributed by atoms with Gasteiger partial charge in [0.1, 0.15) is 11.8 Å². The molecule has 0 aliphatic carbocycles. The highest BCUT2D eigenvalue weighted by atomic mass is 127. The van der Waals surface area contributed by atoms with E-state index in [1.54, 1.807) is 7.11 Å². The molecule has 0 spiro atoms. The number of nitrogens with zero attached hydrogens (tertiary/aromatic N) is 2. The lowest BCUT2D eigenvalue weighted by molar-refractivity contribution is 0.177. The van der Waals surface area contributed by atoms with Gasteiger partial charge in [0.2, 0.25) is 0 Å². The quantitative estimate of drug-likeness (QED) is 0.620. The molecular formula is C7H8ClIN2O. The van der Waals surface area contributed by atoms with Crippen LogP contribution in [-0.2, 0) is 11.3 Å². The van der Waals surface area contributed by atoms with Crippen molar-refractivity contribution >= 4 is 34.2 Å². The molecule has 0 aliphatic heterocycles. The van der Waals surface area contributed by atoms with Crippen LogP contribution in [0, 0.1) is 10.5 Å². The van der Waals surface area contributed by atoms with Gasteiger partial charge in [-0.05, 0) is 29.5 Å². The lowest BCUT2D eigenvalue weighted by Crippen LogP contribution is -2.01. The molecule has 0 bridgehead atoms. The normalized spacial score (nSPS) is 10.3. The third-order valence-corrected chi connectivity index (χ3v) is 3.18. The smallest absolute Gasteiger partial charge is 0.156 e. The molecule has 3 nitrogen and oxygen atoms in total. The summed E-state index contributed by atoms with van der Waals surface area (Å²) in [6.07, 6.45) is 0. The molecule has 1 rings (SSSR count). The van der Waals surface area contributed by atoms with Crippen LogP contribution in [0.15, 0.2) is 0 Å². The number of aromatic nitrogens is 2. The molecule has 0 fully saturated rings. The Morgan fingerprint density at radius 2 is 2.17 bits per heavy atom. The number of halogens is 2. The Balaban J connectivity index is 3.04. The second kappa shape index (κ2) is 4.34. The summed E-state index contributed by atoms with van der Waals surface area (Å²) in [6, 6.07) is 0. The zero-order valence-corrected chi connectivity index (χ0v) is 9.68. The Labute approximate surface area is 89.6 Å². The molecule has 1 aromatic rings. The first kappa shape index (κ1) is 10.1. The Hall–Kier alpha value is 0.0600. The van der Waals surface area contributed by atoms with Gasteiger partial charge in [0, 0.05) is 7.11 Å². The molecule has 66 valence electrons. The van der Waals surface area contributed by atoms with Crippen LogP contribution in [0.5, 0.6) is 0 Å². The molecule has 0 N–H and O–H groups in total. The van der Waals surface area contributed by atoms with Crippen LogP contribution < -0.4 is 0 Å². The van der Waals surface area contributed by atoms with Crippen LogP contribution in [0.1, 0.15) is 11.5 Å². The average Bonchev–Trinajstić information content (AvgIpc) is 2.01. The Morgan fingerprint density at radius 3 is 2.67 bits per heavy atom. The van der Waals surface area contributed by atoms with E-state index in [1.807, 2.05) is 6.92 Å². The van der Waals surface area contributed by atoms with Crippen molar-refractivity contribution in [2.24, 2.45) is 0 Å². The summed E-state index contributed by atoms with van der Waals surface area (Å²) < 4.78 is 5.79. The van der Waals surface area contributed by atoms with Crippen molar-refractivity contribution in [1.82, 2.24) is 9.97 Å². The van der Waals surface area contributed by atoms with E-state index in [0.717, 1.165) is 9.26 Å². The minimum Gasteiger partial charge on any atom is -0.377 e. The van der Waals surface area contributed by atoms with Gasteiger partial charge >= 0.3 is 0 Å². The standard InChI is InChI=1S/C7H8ClIN2O/c1-4-6(9)7(8)11-5(10-4)3-12-2/h3H2,1-2H3. The molecule has 0 saturated carbocycles. The third kappa shape index (κ3) is 2.27. The zero-order chi connectivity index (χ0) is 9.14. The maximum absolute atomic E-state index is 5.84. The zero-order valence-electron chi connectivity index (χ0n) is 6.77. The van der Waals surface area contributed by atoms with Crippen LogP contribution in [0.25, 0.3) is 0 Å². The van der Waals surface area contributed by atoms with E-state index < -0.39 is 0 Å². The van der Waals surface area contributed by atoms with E-state index in [4.69, 9.17) is 16.3 Å². The van der Waals surface area contributed by atoms with Crippen molar-refractivity contribution in [2.45, 2.75) is 13.5 Å². The van der Waals surface area contributed by atoms with Crippen LogP contribution >= 0.6 is 34.2 Å². The molecule has 0 saturated heterocycles. The fourth-order valence-electron chi connectivity index (χ4n) is 0.773. The third-order valence-electron chi connectivity index (χ3n) is 1.30. The maximum Gasteiger partial charge on any atom is 0.156 e. The molecule has 12 heavy (non-hydrogen) atoms. The lowest BCUT2D eigenvalue weighted by Gasteiger charge is -2.03. The van der Waals surface area contributed by atoms with Gasteiger partial charge in [0.25, 0.3) is 0 Å². The highest BCUT2D eigenvalue weighted by Crippen LogP contribution is 2.18. The summed E-state index contributed by atoms with van der Waals surface area (Å²) in [5.74, 6) is 0.625. The summed E-state index contributed by atoms with van der Waals surface area (Å²) >= 11 is 7.96. The van der Waals surface area contributed by atoms with Crippen LogP contribution in [0.2, 0.25) is 5.15 Å². The minimum atomic E-state index is 0.400. The number of ether oxygens (including phenoxy) is 1. The van der Waals surface area contributed by atoms with Gasteiger partial charge in [-0.3, -0.25) is 0 Å². The Kier molecular flexibility index (Phi) is 3.67. The average molecular weight is 299 g/mol. The largest absolute Gasteiger partial charge is 0.377 e. The summed E-state index contributed by atoms with van der Waals surface area (Å²) in [5.41, 5.74) is 0.891. The van der Waals surface area contributed by atoms with E-state index in [9.17, 15) is 0 Å². The fourth-order valence-corrected chi connectivity index (χ4v) is 1.25. The topological polar surface area (TPSA) is 35.0 Å². The van der Waals surface area contributed by atoms with Crippen molar-refractivity contribution in [1.29, 1.82) is 0 Å². The summed E-state index contributed by atoms with van der Waals surface area (Å²) in [6.45, 7) is 2.30. The van der Waals surface area contributed by atoms with Gasteiger partial charge in [-0.2, -0.15) is 0 Å². The number of hydrogen-bond donors (Lipinski definition) is 0. The van der Waals surface area contributed by atoms with E-state index in [2.05, 4.69) is 32.6 Å². The Bertz CT molecular complexity index is 270. The van der Waals surface area contributed by atoms with Gasteiger partial charge in [-0.1, -0.05) is 11.6 Å². The van der Waals surface area contributed by atoms with Gasteiger partial charge in [-0.15, -0.1) is 0 Å². The van der Waals surface area contributed by atoms with Crippen molar-refractivity contribution in [3.63, 3.8) is 0 Å². The Morgan fingerprint density at radius 1 is 1.50 bits per heavy atom. The minimum absolute atomic E-state index is 0.400. The lowest BCUT2D eigenvalue weighted by atomic mass is 10.4. The monoisotopic (exact) mass is 298 g/mol. The summed E-state index contributed by atoms with van der Waals surface area (Å²) in [4.78, 5) is 8.24. The van der Waals surface area contributed by atoms with Crippen molar-refractivity contribution in [2.75, 3.05) is 7.11 Å². The maximum atomic E-state index is 5.84. The first-order chi connectivity index (χ1) is 5.65. The van der Waals surface area contributed by atoms with Gasteiger partial charge in [0.05, 0.1) is 9.26 Å². The molecule has 0 radical (unpaired) electrons. The molecule has 5 heteroatoms. The van der Waals surface area contributed by atoms with Crippen LogP contribution in [0.4, 0.5) is 0 Å². The van der Waals surface area contributed by atoms with E-state index in [0.29, 0.717) is 17.6 Å². The van der Waals surface area contributed by atoms with Crippen LogP contribution in [-0.4, -0.2) is 17.1 Å². The van der Waals surface area contributed by atoms with Crippen molar-refractivity contribution in [3.05, 3.63) is 20.2 Å². The number of rotatable bonds is 2. The second-order valence-electron chi connectivity index (χ2n) is 2.26. The van der Waals surface area contributed by atoms with Crippen molar-refractivity contribution < 1.29 is 4.74 Å². The number of hydrogen-bond acceptors (Lipinski definition) is 3. The molecule has 1 heterocycles. The SMILES string of the molecule is COCc1nc(C)c(I)c(Cl)n1. The predicted molar refractivity (Wildman–Crippen MR) is 55.2 cm³/mol. The fraction of sp³-hybridized carbons (Fsp3) is 0.429. The van der Waals surface area contributed by atoms with E-state index >= 15 is 0 Å². The molecule has 0 aromatic carbocycles. The number of aryl methyl sites for hydroxylation is 1. The molecule has 0 aliphatic rings. The number of methoxy groups -OCH3 is 1. The molecule has 0 amide bonds. The molecule has 1 aromatic heterocycles. The van der Waals surface area contributed by atoms with Gasteiger partial charge < -0.3 is 4.74 Å². The van der Waals surface area contributed by atoms with Crippen LogP contribution in [0.3, 0.4) is 0 Å². The van der Waals surface area contributed by atoms with E-state index in [1.165, 1.54) is 0 Å². The van der Waals surface area contributed by atoms with E-state index in [-0.39, 0.29) is 0 Å². The first-order valence-corrected chi connectivity index (χ1v) is 4.78. The van der Waals surface area contributed by atoms with Crippen molar-refractivity contribution in [3.8, 4) is 0 Å². The molecular weight excluding hydrogens is 290 g/mol.